The van der Waals surface area contributed by atoms with Gasteiger partial charge in [0.05, 0.1) is 11.2 Å². The number of hydrogen-bond acceptors (Lipinski definition) is 6. The summed E-state index contributed by atoms with van der Waals surface area (Å²) in [5.74, 6) is -2.99. The Balaban J connectivity index is 0.00000400. The monoisotopic (exact) mass is 597 g/mol. The lowest BCUT2D eigenvalue weighted by atomic mass is 9.74. The van der Waals surface area contributed by atoms with E-state index in [1.165, 1.54) is 33.4 Å². The number of carbonyl (C=O) groups excluding carboxylic acids is 1. The summed E-state index contributed by atoms with van der Waals surface area (Å²) < 4.78 is 70.2. The number of rotatable bonds is 8. The molecule has 2 aromatic rings. The molecule has 1 unspecified atom stereocenters. The van der Waals surface area contributed by atoms with Crippen molar-refractivity contribution in [1.29, 1.82) is 0 Å². The first-order chi connectivity index (χ1) is 17.4. The van der Waals surface area contributed by atoms with E-state index < -0.39 is 34.2 Å². The van der Waals surface area contributed by atoms with E-state index in [1.807, 2.05) is 0 Å². The fourth-order valence-corrected chi connectivity index (χ4v) is 7.28. The van der Waals surface area contributed by atoms with Crippen molar-refractivity contribution in [3.63, 3.8) is 0 Å². The number of Topliss-reactive ketones (excluding diaryl/α,β-unsaturated/α-hetero) is 1. The number of alkyl halides is 3. The minimum absolute atomic E-state index is 0. The van der Waals surface area contributed by atoms with Crippen LogP contribution in [0.25, 0.3) is 0 Å². The van der Waals surface area contributed by atoms with E-state index in [-0.39, 0.29) is 72.5 Å². The molecule has 1 saturated carbocycles. The van der Waals surface area contributed by atoms with Gasteiger partial charge in [0.25, 0.3) is 10.0 Å². The first-order valence-electron chi connectivity index (χ1n) is 12.3. The van der Waals surface area contributed by atoms with Gasteiger partial charge in [0.2, 0.25) is 10.9 Å². The van der Waals surface area contributed by atoms with Crippen molar-refractivity contribution in [3.8, 4) is 0 Å². The summed E-state index contributed by atoms with van der Waals surface area (Å²) in [5, 5.41) is 7.50. The van der Waals surface area contributed by atoms with E-state index in [0.29, 0.717) is 25.1 Å². The van der Waals surface area contributed by atoms with Crippen LogP contribution in [0.15, 0.2) is 29.4 Å². The molecule has 0 radical (unpaired) electrons. The number of aryl methyl sites for hydroxylation is 1. The van der Waals surface area contributed by atoms with Crippen LogP contribution in [0, 0.1) is 0 Å². The van der Waals surface area contributed by atoms with E-state index in [1.54, 1.807) is 14.0 Å². The summed E-state index contributed by atoms with van der Waals surface area (Å²) in [7, 11) is -2.28. The van der Waals surface area contributed by atoms with E-state index in [2.05, 4.69) is 15.2 Å². The molecule has 0 spiro atoms. The fourth-order valence-electron chi connectivity index (χ4n) is 5.45. The van der Waals surface area contributed by atoms with Gasteiger partial charge in [-0.3, -0.25) is 14.4 Å². The van der Waals surface area contributed by atoms with Crippen molar-refractivity contribution in [2.24, 2.45) is 7.05 Å². The molecule has 14 heteroatoms. The van der Waals surface area contributed by atoms with Gasteiger partial charge in [-0.2, -0.15) is 4.31 Å². The second kappa shape index (κ2) is 11.8. The molecule has 212 valence electrons. The average Bonchev–Trinajstić information content (AvgIpc) is 3.30. The number of piperazine rings is 1. The molecule has 38 heavy (non-hydrogen) atoms. The number of ketones is 1. The lowest BCUT2D eigenvalue weighted by Gasteiger charge is -2.52. The van der Waals surface area contributed by atoms with Crippen LogP contribution in [0.4, 0.5) is 13.2 Å². The highest BCUT2D eigenvalue weighted by Crippen LogP contribution is 2.45. The number of benzene rings is 1. The van der Waals surface area contributed by atoms with Gasteiger partial charge in [-0.1, -0.05) is 22.9 Å². The van der Waals surface area contributed by atoms with Gasteiger partial charge < -0.3 is 0 Å². The zero-order chi connectivity index (χ0) is 27.0. The van der Waals surface area contributed by atoms with Gasteiger partial charge >= 0.3 is 0 Å². The van der Waals surface area contributed by atoms with Crippen molar-refractivity contribution in [2.45, 2.75) is 74.7 Å². The molecule has 8 nitrogen and oxygen atoms in total. The largest absolute Gasteiger partial charge is 0.295 e. The van der Waals surface area contributed by atoms with Crippen molar-refractivity contribution >= 4 is 39.8 Å². The third kappa shape index (κ3) is 6.35. The Labute approximate surface area is 232 Å². The third-order valence-electron chi connectivity index (χ3n) is 7.61. The Bertz CT molecular complexity index is 1250. The lowest BCUT2D eigenvalue weighted by molar-refractivity contribution is -0.0925. The normalized spacial score (nSPS) is 22.1. The first kappa shape index (κ1) is 30.8. The second-order valence-corrected chi connectivity index (χ2v) is 12.3. The summed E-state index contributed by atoms with van der Waals surface area (Å²) in [4.78, 5) is 15.1. The van der Waals surface area contributed by atoms with Crippen molar-refractivity contribution in [2.75, 3.05) is 19.6 Å². The molecule has 1 saturated heterocycles. The van der Waals surface area contributed by atoms with Gasteiger partial charge in [0.15, 0.2) is 5.78 Å². The maximum atomic E-state index is 14.2. The SMILES string of the molecule is CC1CN(C2(CCC(=O)c3ccc(CF)cc3Cl)CCC(F)(F)CC2)CCN1S(=O)(=O)c1cn(C)nn1.Cl. The van der Waals surface area contributed by atoms with Crippen molar-refractivity contribution < 1.29 is 26.4 Å². The van der Waals surface area contributed by atoms with Crippen LogP contribution in [0.5, 0.6) is 0 Å². The zero-order valence-corrected chi connectivity index (χ0v) is 23.6. The smallest absolute Gasteiger partial charge is 0.264 e. The van der Waals surface area contributed by atoms with Crippen LogP contribution < -0.4 is 0 Å². The highest BCUT2D eigenvalue weighted by atomic mass is 35.5. The molecule has 0 amide bonds. The summed E-state index contributed by atoms with van der Waals surface area (Å²) in [5.41, 5.74) is -0.0152. The number of halogens is 5. The number of sulfonamides is 1. The summed E-state index contributed by atoms with van der Waals surface area (Å²) in [6.45, 7) is 1.94. The molecule has 4 rings (SSSR count). The molecular weight excluding hydrogens is 566 g/mol. The molecule has 1 aromatic heterocycles. The molecule has 1 aromatic carbocycles. The number of aromatic nitrogens is 3. The highest BCUT2D eigenvalue weighted by Gasteiger charge is 2.49. The van der Waals surface area contributed by atoms with Gasteiger partial charge in [-0.25, -0.2) is 21.6 Å². The molecule has 2 fully saturated rings. The highest BCUT2D eigenvalue weighted by molar-refractivity contribution is 7.89. The van der Waals surface area contributed by atoms with Gasteiger partial charge in [-0.15, -0.1) is 17.5 Å². The zero-order valence-electron chi connectivity index (χ0n) is 21.2. The topological polar surface area (TPSA) is 88.4 Å². The van der Waals surface area contributed by atoms with E-state index in [0.717, 1.165) is 0 Å². The fraction of sp³-hybridized carbons (Fsp3) is 0.625. The van der Waals surface area contributed by atoms with E-state index >= 15 is 0 Å². The minimum Gasteiger partial charge on any atom is -0.295 e. The molecule has 1 aliphatic carbocycles. The number of carbonyl (C=O) groups is 1. The number of nitrogens with zero attached hydrogens (tertiary/aromatic N) is 5. The Hall–Kier alpha value is -1.73. The standard InChI is InChI=1S/C24H31ClF3N5O3S.ClH/c1-17-15-32(11-12-33(17)37(35,36)22-16-31(2)30-29-22)23(7-9-24(27,28)10-8-23)6-5-21(34)19-4-3-18(14-26)13-20(19)25;/h3-4,13,16-17H,5-12,14-15H2,1-2H3;1H. The van der Waals surface area contributed by atoms with Crippen LogP contribution >= 0.6 is 24.0 Å². The first-order valence-corrected chi connectivity index (χ1v) is 14.1. The quantitative estimate of drug-likeness (QED) is 0.411. The molecule has 0 bridgehead atoms. The average molecular weight is 599 g/mol. The predicted octanol–water partition coefficient (Wildman–Crippen LogP) is 4.67. The molecular formula is C24H32Cl2F3N5O3S. The Morgan fingerprint density at radius 3 is 2.42 bits per heavy atom. The van der Waals surface area contributed by atoms with Crippen molar-refractivity contribution in [3.05, 3.63) is 40.5 Å². The van der Waals surface area contributed by atoms with Crippen LogP contribution in [-0.4, -0.2) is 75.5 Å². The maximum absolute atomic E-state index is 14.2. The van der Waals surface area contributed by atoms with Crippen LogP contribution in [-0.2, 0) is 23.7 Å². The van der Waals surface area contributed by atoms with Gasteiger partial charge in [0, 0.05) is 63.1 Å². The molecule has 1 atom stereocenters. The van der Waals surface area contributed by atoms with Crippen LogP contribution in [0.3, 0.4) is 0 Å². The van der Waals surface area contributed by atoms with Crippen molar-refractivity contribution in [1.82, 2.24) is 24.2 Å². The maximum Gasteiger partial charge on any atom is 0.264 e. The molecule has 2 aliphatic rings. The van der Waals surface area contributed by atoms with E-state index in [4.69, 9.17) is 11.6 Å². The van der Waals surface area contributed by atoms with Gasteiger partial charge in [0.1, 0.15) is 6.67 Å². The molecule has 2 heterocycles. The summed E-state index contributed by atoms with van der Waals surface area (Å²) in [6, 6.07) is 4.00. The number of hydrogen-bond donors (Lipinski definition) is 0. The Morgan fingerprint density at radius 2 is 1.87 bits per heavy atom. The predicted molar refractivity (Wildman–Crippen MR) is 139 cm³/mol. The molecule has 0 N–H and O–H groups in total. The Kier molecular flexibility index (Phi) is 9.56. The summed E-state index contributed by atoms with van der Waals surface area (Å²) >= 11 is 6.20. The van der Waals surface area contributed by atoms with Crippen LogP contribution in [0.2, 0.25) is 5.02 Å². The third-order valence-corrected chi connectivity index (χ3v) is 9.80. The second-order valence-electron chi connectivity index (χ2n) is 10.1. The van der Waals surface area contributed by atoms with Crippen LogP contribution in [0.1, 0.15) is 61.4 Å². The Morgan fingerprint density at radius 1 is 1.18 bits per heavy atom. The minimum atomic E-state index is -3.86. The van der Waals surface area contributed by atoms with Gasteiger partial charge in [-0.05, 0) is 43.9 Å². The lowest BCUT2D eigenvalue weighted by Crippen LogP contribution is -2.62. The van der Waals surface area contributed by atoms with E-state index in [9.17, 15) is 26.4 Å². The summed E-state index contributed by atoms with van der Waals surface area (Å²) in [6.07, 6.45) is 1.59. The molecule has 1 aliphatic heterocycles.